The van der Waals surface area contributed by atoms with Crippen molar-refractivity contribution < 1.29 is 4.79 Å². The zero-order valence-corrected chi connectivity index (χ0v) is 13.8. The molecule has 6 heteroatoms. The van der Waals surface area contributed by atoms with Crippen LogP contribution in [-0.2, 0) is 4.79 Å². The van der Waals surface area contributed by atoms with Crippen LogP contribution in [0.25, 0.3) is 22.2 Å². The molecule has 0 bridgehead atoms. The van der Waals surface area contributed by atoms with E-state index in [2.05, 4.69) is 32.9 Å². The normalized spacial score (nSPS) is 17.0. The fraction of sp³-hybridized carbons (Fsp3) is 0.211. The zero-order chi connectivity index (χ0) is 17.2. The smallest absolute Gasteiger partial charge is 0.246 e. The molecular weight excluding hydrogens is 314 g/mol. The van der Waals surface area contributed by atoms with Crippen molar-refractivity contribution in [2.75, 3.05) is 18.4 Å². The van der Waals surface area contributed by atoms with Crippen LogP contribution in [0, 0.1) is 0 Å². The molecule has 1 unspecified atom stereocenters. The minimum Gasteiger partial charge on any atom is -0.379 e. The third kappa shape index (κ3) is 2.98. The van der Waals surface area contributed by atoms with Gasteiger partial charge in [0.1, 0.15) is 5.65 Å². The van der Waals surface area contributed by atoms with E-state index in [-0.39, 0.29) is 11.9 Å². The molecule has 4 rings (SSSR count). The Morgan fingerprint density at radius 3 is 3.16 bits per heavy atom. The molecule has 0 radical (unpaired) electrons. The largest absolute Gasteiger partial charge is 0.379 e. The average molecular weight is 333 g/mol. The van der Waals surface area contributed by atoms with Gasteiger partial charge in [-0.25, -0.2) is 4.98 Å². The van der Waals surface area contributed by atoms with Crippen LogP contribution < -0.4 is 5.32 Å². The topological polar surface area (TPSA) is 73.9 Å². The predicted octanol–water partition coefficient (Wildman–Crippen LogP) is 2.82. The van der Waals surface area contributed by atoms with Gasteiger partial charge in [0, 0.05) is 54.2 Å². The molecule has 3 aromatic heterocycles. The highest BCUT2D eigenvalue weighted by Gasteiger charge is 2.24. The first-order chi connectivity index (χ1) is 12.2. The molecule has 3 aromatic rings. The van der Waals surface area contributed by atoms with Gasteiger partial charge >= 0.3 is 0 Å². The second-order valence-electron chi connectivity index (χ2n) is 6.18. The summed E-state index contributed by atoms with van der Waals surface area (Å²) < 4.78 is 0. The van der Waals surface area contributed by atoms with Crippen molar-refractivity contribution in [3.8, 4) is 11.1 Å². The van der Waals surface area contributed by atoms with Gasteiger partial charge in [0.05, 0.1) is 11.9 Å². The summed E-state index contributed by atoms with van der Waals surface area (Å²) in [4.78, 5) is 25.4. The molecule has 2 N–H and O–H groups in total. The van der Waals surface area contributed by atoms with E-state index in [1.165, 1.54) is 6.08 Å². The molecule has 25 heavy (non-hydrogen) atoms. The lowest BCUT2D eigenvalue weighted by Crippen LogP contribution is -2.30. The van der Waals surface area contributed by atoms with Crippen molar-refractivity contribution in [2.45, 2.75) is 12.5 Å². The molecule has 1 amide bonds. The van der Waals surface area contributed by atoms with Gasteiger partial charge in [-0.2, -0.15) is 0 Å². The van der Waals surface area contributed by atoms with Crippen molar-refractivity contribution in [1.29, 1.82) is 0 Å². The van der Waals surface area contributed by atoms with Crippen molar-refractivity contribution in [3.05, 3.63) is 55.6 Å². The summed E-state index contributed by atoms with van der Waals surface area (Å²) in [5, 5.41) is 4.54. The van der Waals surface area contributed by atoms with Gasteiger partial charge in [-0.1, -0.05) is 12.6 Å². The molecule has 1 saturated heterocycles. The number of anilines is 1. The maximum atomic E-state index is 11.7. The minimum atomic E-state index is -0.0117. The summed E-state index contributed by atoms with van der Waals surface area (Å²) in [7, 11) is 0. The first-order valence-corrected chi connectivity index (χ1v) is 8.30. The van der Waals surface area contributed by atoms with Crippen LogP contribution >= 0.6 is 0 Å². The van der Waals surface area contributed by atoms with E-state index in [1.807, 2.05) is 35.6 Å². The maximum absolute atomic E-state index is 11.7. The fourth-order valence-corrected chi connectivity index (χ4v) is 3.29. The molecule has 1 aliphatic rings. The Morgan fingerprint density at radius 1 is 1.44 bits per heavy atom. The molecule has 0 aliphatic carbocycles. The van der Waals surface area contributed by atoms with Crippen molar-refractivity contribution >= 4 is 22.6 Å². The Balaban J connectivity index is 1.57. The van der Waals surface area contributed by atoms with E-state index in [0.29, 0.717) is 6.54 Å². The molecule has 6 nitrogen and oxygen atoms in total. The number of carbonyl (C=O) groups excluding carboxylic acids is 1. The van der Waals surface area contributed by atoms with Crippen molar-refractivity contribution in [1.82, 2.24) is 19.9 Å². The van der Waals surface area contributed by atoms with Gasteiger partial charge in [-0.05, 0) is 24.6 Å². The van der Waals surface area contributed by atoms with Crippen molar-refractivity contribution in [2.24, 2.45) is 0 Å². The summed E-state index contributed by atoms with van der Waals surface area (Å²) in [5.41, 5.74) is 3.93. The Kier molecular flexibility index (Phi) is 3.93. The number of nitrogens with one attached hydrogen (secondary N) is 2. The Hall–Kier alpha value is -3.15. The number of hydrogen-bond donors (Lipinski definition) is 2. The van der Waals surface area contributed by atoms with Crippen LogP contribution in [0.5, 0.6) is 0 Å². The number of hydrogen-bond acceptors (Lipinski definition) is 4. The summed E-state index contributed by atoms with van der Waals surface area (Å²) >= 11 is 0. The predicted molar refractivity (Wildman–Crippen MR) is 98.1 cm³/mol. The molecular formula is C19H19N5O. The van der Waals surface area contributed by atoms with Gasteiger partial charge in [-0.3, -0.25) is 9.78 Å². The second-order valence-corrected chi connectivity index (χ2v) is 6.18. The van der Waals surface area contributed by atoms with Gasteiger partial charge in [-0.15, -0.1) is 0 Å². The highest BCUT2D eigenvalue weighted by Crippen LogP contribution is 2.29. The molecule has 1 aliphatic heterocycles. The van der Waals surface area contributed by atoms with E-state index in [9.17, 15) is 4.79 Å². The van der Waals surface area contributed by atoms with Crippen LogP contribution in [0.3, 0.4) is 0 Å². The van der Waals surface area contributed by atoms with E-state index >= 15 is 0 Å². The van der Waals surface area contributed by atoms with Crippen LogP contribution in [0.4, 0.5) is 5.69 Å². The molecule has 4 heterocycles. The number of H-pyrrole nitrogens is 1. The molecule has 0 spiro atoms. The number of nitrogens with zero attached hydrogens (tertiary/aromatic N) is 3. The number of aromatic nitrogens is 3. The minimum absolute atomic E-state index is 0.0117. The first kappa shape index (κ1) is 15.4. The van der Waals surface area contributed by atoms with Gasteiger partial charge in [0.2, 0.25) is 5.91 Å². The monoisotopic (exact) mass is 333 g/mol. The first-order valence-electron chi connectivity index (χ1n) is 8.30. The number of aromatic amines is 1. The standard InChI is InChI=1S/C19H19N5O/c1-2-18(25)24-7-5-14(12-24)23-15-8-16-17(11-22-19(16)21-10-15)13-4-3-6-20-9-13/h2-4,6,8-11,14,23H,1,5,7,12H2,(H,21,22). The lowest BCUT2D eigenvalue weighted by Gasteiger charge is -2.16. The Labute approximate surface area is 145 Å². The van der Waals surface area contributed by atoms with Gasteiger partial charge < -0.3 is 15.2 Å². The fourth-order valence-electron chi connectivity index (χ4n) is 3.29. The number of carbonyl (C=O) groups is 1. The number of pyridine rings is 2. The number of fused-ring (bicyclic) bond motifs is 1. The Bertz CT molecular complexity index is 918. The SMILES string of the molecule is C=CC(=O)N1CCC(Nc2cnc3[nH]cc(-c4cccnc4)c3c2)C1. The van der Waals surface area contributed by atoms with Crippen LogP contribution in [0.15, 0.2) is 55.6 Å². The number of likely N-dealkylation sites (tertiary alicyclic amines) is 1. The molecule has 0 saturated carbocycles. The van der Waals surface area contributed by atoms with Crippen LogP contribution in [0.1, 0.15) is 6.42 Å². The maximum Gasteiger partial charge on any atom is 0.246 e. The summed E-state index contributed by atoms with van der Waals surface area (Å²) in [6, 6.07) is 6.28. The van der Waals surface area contributed by atoms with E-state index in [0.717, 1.165) is 40.8 Å². The van der Waals surface area contributed by atoms with E-state index in [4.69, 9.17) is 0 Å². The third-order valence-corrected chi connectivity index (χ3v) is 4.55. The summed E-state index contributed by atoms with van der Waals surface area (Å²) in [6.45, 7) is 4.99. The third-order valence-electron chi connectivity index (χ3n) is 4.55. The molecule has 1 atom stereocenters. The van der Waals surface area contributed by atoms with E-state index < -0.39 is 0 Å². The van der Waals surface area contributed by atoms with Crippen molar-refractivity contribution in [3.63, 3.8) is 0 Å². The molecule has 126 valence electrons. The molecule has 0 aromatic carbocycles. The van der Waals surface area contributed by atoms with Crippen LogP contribution in [-0.4, -0.2) is 44.9 Å². The second kappa shape index (κ2) is 6.39. The summed E-state index contributed by atoms with van der Waals surface area (Å²) in [5.74, 6) is -0.0117. The average Bonchev–Trinajstić information content (AvgIpc) is 3.28. The highest BCUT2D eigenvalue weighted by molar-refractivity contribution is 5.95. The van der Waals surface area contributed by atoms with Gasteiger partial charge in [0.15, 0.2) is 0 Å². The molecule has 1 fully saturated rings. The van der Waals surface area contributed by atoms with Crippen LogP contribution in [0.2, 0.25) is 0 Å². The number of rotatable bonds is 4. The summed E-state index contributed by atoms with van der Waals surface area (Å²) in [6.07, 6.45) is 9.68. The lowest BCUT2D eigenvalue weighted by atomic mass is 10.1. The lowest BCUT2D eigenvalue weighted by molar-refractivity contribution is -0.125. The van der Waals surface area contributed by atoms with E-state index in [1.54, 1.807) is 6.20 Å². The highest BCUT2D eigenvalue weighted by atomic mass is 16.2. The zero-order valence-electron chi connectivity index (χ0n) is 13.8. The quantitative estimate of drug-likeness (QED) is 0.720. The van der Waals surface area contributed by atoms with Gasteiger partial charge in [0.25, 0.3) is 0 Å². The number of amides is 1. The Morgan fingerprint density at radius 2 is 2.36 bits per heavy atom.